The molecular weight excluding hydrogens is 418 g/mol. The maximum atomic E-state index is 13.4. The van der Waals surface area contributed by atoms with E-state index < -0.39 is 0 Å². The Labute approximate surface area is 190 Å². The maximum absolute atomic E-state index is 13.4. The third-order valence-corrected chi connectivity index (χ3v) is 6.68. The minimum Gasteiger partial charge on any atom is -0.349 e. The predicted octanol–water partition coefficient (Wildman–Crippen LogP) is 2.77. The standard InChI is InChI=1S/C25H27N5O3/c1-16-8-6-7-9-18(16)15-29-25(33)30-21-14-17(22(31)26-19-10-4-3-5-11-19)12-13-20(21)23(32)28(2)24(30)27-29/h6-9,12-14,19H,3-5,10-11,15H2,1-2H3,(H,26,31). The molecule has 0 saturated heterocycles. The van der Waals surface area contributed by atoms with Crippen molar-refractivity contribution in [2.24, 2.45) is 7.05 Å². The van der Waals surface area contributed by atoms with Crippen LogP contribution in [0.25, 0.3) is 16.7 Å². The number of nitrogens with one attached hydrogen (secondary N) is 1. The van der Waals surface area contributed by atoms with Gasteiger partial charge in [-0.1, -0.05) is 43.5 Å². The van der Waals surface area contributed by atoms with Gasteiger partial charge in [0.15, 0.2) is 0 Å². The Kier molecular flexibility index (Phi) is 5.36. The number of carbonyl (C=O) groups is 1. The van der Waals surface area contributed by atoms with E-state index in [0.29, 0.717) is 23.0 Å². The highest BCUT2D eigenvalue weighted by Gasteiger charge is 2.20. The van der Waals surface area contributed by atoms with Crippen LogP contribution in [0.5, 0.6) is 0 Å². The summed E-state index contributed by atoms with van der Waals surface area (Å²) < 4.78 is 4.16. The van der Waals surface area contributed by atoms with Gasteiger partial charge in [-0.2, -0.15) is 0 Å². The fourth-order valence-electron chi connectivity index (χ4n) is 4.70. The lowest BCUT2D eigenvalue weighted by atomic mass is 9.95. The first kappa shape index (κ1) is 21.2. The molecule has 170 valence electrons. The first-order chi connectivity index (χ1) is 15.9. The second-order valence-electron chi connectivity index (χ2n) is 8.91. The number of hydrogen-bond acceptors (Lipinski definition) is 4. The summed E-state index contributed by atoms with van der Waals surface area (Å²) in [6, 6.07) is 12.9. The first-order valence-corrected chi connectivity index (χ1v) is 11.4. The zero-order valence-electron chi connectivity index (χ0n) is 18.9. The number of aromatic nitrogens is 4. The molecule has 1 aliphatic rings. The molecule has 0 radical (unpaired) electrons. The number of benzene rings is 2. The van der Waals surface area contributed by atoms with Crippen LogP contribution in [0.1, 0.15) is 53.6 Å². The molecule has 8 heteroatoms. The lowest BCUT2D eigenvalue weighted by Crippen LogP contribution is -2.36. The van der Waals surface area contributed by atoms with Crippen molar-refractivity contribution in [2.45, 2.75) is 51.6 Å². The normalized spacial score (nSPS) is 14.7. The summed E-state index contributed by atoms with van der Waals surface area (Å²) in [5.41, 5.74) is 2.25. The Morgan fingerprint density at radius 2 is 1.85 bits per heavy atom. The van der Waals surface area contributed by atoms with Crippen LogP contribution in [0.4, 0.5) is 0 Å². The fraction of sp³-hybridized carbons (Fsp3) is 0.360. The first-order valence-electron chi connectivity index (χ1n) is 11.4. The Balaban J connectivity index is 1.62. The maximum Gasteiger partial charge on any atom is 0.352 e. The van der Waals surface area contributed by atoms with Crippen molar-refractivity contribution in [1.82, 2.24) is 24.1 Å². The molecule has 1 fully saturated rings. The van der Waals surface area contributed by atoms with Crippen molar-refractivity contribution >= 4 is 22.6 Å². The second kappa shape index (κ2) is 8.35. The highest BCUT2D eigenvalue weighted by Crippen LogP contribution is 2.19. The van der Waals surface area contributed by atoms with Gasteiger partial charge in [0.1, 0.15) is 0 Å². The van der Waals surface area contributed by atoms with Gasteiger partial charge in [0.05, 0.1) is 17.4 Å². The average molecular weight is 446 g/mol. The molecule has 4 aromatic rings. The van der Waals surface area contributed by atoms with Crippen molar-refractivity contribution in [2.75, 3.05) is 0 Å². The van der Waals surface area contributed by atoms with Crippen LogP contribution >= 0.6 is 0 Å². The van der Waals surface area contributed by atoms with Crippen molar-refractivity contribution in [3.8, 4) is 0 Å². The average Bonchev–Trinajstić information content (AvgIpc) is 3.15. The number of fused-ring (bicyclic) bond motifs is 3. The smallest absolute Gasteiger partial charge is 0.349 e. The van der Waals surface area contributed by atoms with E-state index in [1.165, 1.54) is 20.1 Å². The third-order valence-electron chi connectivity index (χ3n) is 6.68. The lowest BCUT2D eigenvalue weighted by molar-refractivity contribution is 0.0928. The van der Waals surface area contributed by atoms with Crippen LogP contribution in [-0.4, -0.2) is 30.7 Å². The van der Waals surface area contributed by atoms with Crippen LogP contribution in [0.3, 0.4) is 0 Å². The number of rotatable bonds is 4. The van der Waals surface area contributed by atoms with E-state index in [-0.39, 0.29) is 29.0 Å². The van der Waals surface area contributed by atoms with Gasteiger partial charge < -0.3 is 5.32 Å². The Bertz CT molecular complexity index is 1490. The molecule has 2 aromatic heterocycles. The van der Waals surface area contributed by atoms with Crippen LogP contribution in [-0.2, 0) is 13.6 Å². The predicted molar refractivity (Wildman–Crippen MR) is 127 cm³/mol. The van der Waals surface area contributed by atoms with Crippen LogP contribution in [0, 0.1) is 6.92 Å². The van der Waals surface area contributed by atoms with Crippen molar-refractivity contribution in [3.05, 3.63) is 80.0 Å². The van der Waals surface area contributed by atoms with Crippen molar-refractivity contribution in [3.63, 3.8) is 0 Å². The zero-order valence-corrected chi connectivity index (χ0v) is 18.9. The molecule has 1 amide bonds. The van der Waals surface area contributed by atoms with E-state index >= 15 is 0 Å². The Morgan fingerprint density at radius 3 is 2.61 bits per heavy atom. The van der Waals surface area contributed by atoms with E-state index in [2.05, 4.69) is 10.4 Å². The van der Waals surface area contributed by atoms with E-state index in [1.807, 2.05) is 31.2 Å². The molecule has 0 unspecified atom stereocenters. The molecule has 2 heterocycles. The highest BCUT2D eigenvalue weighted by atomic mass is 16.2. The molecular formula is C25H27N5O3. The summed E-state index contributed by atoms with van der Waals surface area (Å²) in [7, 11) is 1.60. The summed E-state index contributed by atoms with van der Waals surface area (Å²) in [4.78, 5) is 39.2. The van der Waals surface area contributed by atoms with Crippen LogP contribution < -0.4 is 16.6 Å². The molecule has 0 atom stereocenters. The molecule has 1 saturated carbocycles. The molecule has 1 aliphatic carbocycles. The Morgan fingerprint density at radius 1 is 1.09 bits per heavy atom. The van der Waals surface area contributed by atoms with Gasteiger partial charge >= 0.3 is 5.69 Å². The lowest BCUT2D eigenvalue weighted by Gasteiger charge is -2.22. The fourth-order valence-corrected chi connectivity index (χ4v) is 4.70. The molecule has 0 bridgehead atoms. The second-order valence-corrected chi connectivity index (χ2v) is 8.91. The summed E-state index contributed by atoms with van der Waals surface area (Å²) in [5.74, 6) is 0.0638. The molecule has 8 nitrogen and oxygen atoms in total. The van der Waals surface area contributed by atoms with E-state index in [4.69, 9.17) is 0 Å². The minimum absolute atomic E-state index is 0.171. The Hall–Kier alpha value is -3.68. The number of aryl methyl sites for hydroxylation is 2. The molecule has 1 N–H and O–H groups in total. The van der Waals surface area contributed by atoms with E-state index in [1.54, 1.807) is 25.2 Å². The molecule has 0 spiro atoms. The van der Waals surface area contributed by atoms with Gasteiger partial charge in [-0.05, 0) is 49.1 Å². The van der Waals surface area contributed by atoms with Crippen molar-refractivity contribution in [1.29, 1.82) is 0 Å². The quantitative estimate of drug-likeness (QED) is 0.523. The summed E-state index contributed by atoms with van der Waals surface area (Å²) >= 11 is 0. The van der Waals surface area contributed by atoms with Crippen molar-refractivity contribution < 1.29 is 4.79 Å². The number of nitrogens with zero attached hydrogens (tertiary/aromatic N) is 4. The van der Waals surface area contributed by atoms with Gasteiger partial charge in [0, 0.05) is 18.7 Å². The summed E-state index contributed by atoms with van der Waals surface area (Å²) in [5, 5.41) is 7.93. The number of hydrogen-bond donors (Lipinski definition) is 1. The minimum atomic E-state index is -0.348. The monoisotopic (exact) mass is 445 g/mol. The summed E-state index contributed by atoms with van der Waals surface area (Å²) in [6.45, 7) is 2.28. The van der Waals surface area contributed by atoms with Gasteiger partial charge in [0.2, 0.25) is 5.78 Å². The van der Waals surface area contributed by atoms with E-state index in [0.717, 1.165) is 36.8 Å². The molecule has 33 heavy (non-hydrogen) atoms. The molecule has 0 aliphatic heterocycles. The topological polar surface area (TPSA) is 90.4 Å². The number of carbonyl (C=O) groups excluding carboxylic acids is 1. The van der Waals surface area contributed by atoms with Crippen LogP contribution in [0.2, 0.25) is 0 Å². The zero-order chi connectivity index (χ0) is 23.1. The van der Waals surface area contributed by atoms with Crippen LogP contribution in [0.15, 0.2) is 52.1 Å². The summed E-state index contributed by atoms with van der Waals surface area (Å²) in [6.07, 6.45) is 5.41. The molecule has 2 aromatic carbocycles. The largest absolute Gasteiger partial charge is 0.352 e. The van der Waals surface area contributed by atoms with E-state index in [9.17, 15) is 14.4 Å². The SMILES string of the molecule is Cc1ccccc1Cn1nc2n(C)c(=O)c3ccc(C(=O)NC4CCCCC4)cc3n2c1=O. The van der Waals surface area contributed by atoms with Gasteiger partial charge in [-0.25, -0.2) is 13.9 Å². The van der Waals surface area contributed by atoms with Gasteiger partial charge in [-0.3, -0.25) is 14.2 Å². The third kappa shape index (κ3) is 3.75. The number of amides is 1. The van der Waals surface area contributed by atoms with Gasteiger partial charge in [-0.15, -0.1) is 5.10 Å². The van der Waals surface area contributed by atoms with Gasteiger partial charge in [0.25, 0.3) is 11.5 Å². The highest BCUT2D eigenvalue weighted by molar-refractivity contribution is 5.98. The molecule has 5 rings (SSSR count).